The van der Waals surface area contributed by atoms with Crippen molar-refractivity contribution in [3.05, 3.63) is 17.8 Å². The fourth-order valence-corrected chi connectivity index (χ4v) is 1.63. The predicted molar refractivity (Wildman–Crippen MR) is 70.3 cm³/mol. The molecule has 1 saturated heterocycles. The van der Waals surface area contributed by atoms with Gasteiger partial charge in [0.15, 0.2) is 0 Å². The van der Waals surface area contributed by atoms with Crippen LogP contribution in [0.2, 0.25) is 0 Å². The minimum absolute atomic E-state index is 0.390. The molecule has 4 nitrogen and oxygen atoms in total. The fraction of sp³-hybridized carbons (Fsp3) is 0.692. The smallest absolute Gasteiger partial charge is 0.149 e. The normalized spacial score (nSPS) is 18.8. The first kappa shape index (κ1) is 13.9. The number of nitrogens with one attached hydrogen (secondary N) is 1. The van der Waals surface area contributed by atoms with E-state index >= 15 is 0 Å². The monoisotopic (exact) mass is 237 g/mol. The largest absolute Gasteiger partial charge is 0.379 e. The summed E-state index contributed by atoms with van der Waals surface area (Å²) in [5, 5.41) is 11.4. The van der Waals surface area contributed by atoms with Gasteiger partial charge in [0.25, 0.3) is 0 Å². The first-order valence-electron chi connectivity index (χ1n) is 6.42. The summed E-state index contributed by atoms with van der Waals surface area (Å²) in [6.45, 7) is 9.92. The zero-order valence-corrected chi connectivity index (χ0v) is 11.2. The van der Waals surface area contributed by atoms with Gasteiger partial charge in [-0.1, -0.05) is 27.7 Å². The molecule has 17 heavy (non-hydrogen) atoms. The molecule has 1 aliphatic rings. The molecule has 1 atom stereocenters. The number of nitrogens with zero attached hydrogens (tertiary/aromatic N) is 2. The fourth-order valence-electron chi connectivity index (χ4n) is 1.63. The third kappa shape index (κ3) is 4.30. The van der Waals surface area contributed by atoms with Crippen LogP contribution in [0.5, 0.6) is 0 Å². The van der Waals surface area contributed by atoms with Crippen molar-refractivity contribution in [3.8, 4) is 0 Å². The molecule has 2 heterocycles. The Morgan fingerprint density at radius 2 is 2.18 bits per heavy atom. The van der Waals surface area contributed by atoms with Gasteiger partial charge >= 0.3 is 0 Å². The van der Waals surface area contributed by atoms with Gasteiger partial charge in [0.05, 0.1) is 18.8 Å². The summed E-state index contributed by atoms with van der Waals surface area (Å²) >= 11 is 0. The van der Waals surface area contributed by atoms with Crippen molar-refractivity contribution >= 4 is 5.82 Å². The van der Waals surface area contributed by atoms with Crippen molar-refractivity contribution < 1.29 is 4.74 Å². The number of hydrogen-bond acceptors (Lipinski definition) is 4. The standard InChI is InChI=1S/C11H17N3O.C2H6/c1-8(2)9-5-11(14-12-6-9)13-10-3-4-15-7-10;1-2/h5-6,8,10H,3-4,7H2,1-2H3,(H,13,14);1-2H3. The predicted octanol–water partition coefficient (Wildman–Crippen LogP) is 2.83. The number of hydrogen-bond donors (Lipinski definition) is 1. The second-order valence-corrected chi connectivity index (χ2v) is 4.23. The number of aromatic nitrogens is 2. The molecular weight excluding hydrogens is 214 g/mol. The molecule has 96 valence electrons. The summed E-state index contributed by atoms with van der Waals surface area (Å²) in [6, 6.07) is 2.46. The van der Waals surface area contributed by atoms with Crippen LogP contribution in [0, 0.1) is 0 Å². The Morgan fingerprint density at radius 3 is 2.76 bits per heavy atom. The van der Waals surface area contributed by atoms with E-state index in [0.717, 1.165) is 25.5 Å². The summed E-state index contributed by atoms with van der Waals surface area (Å²) in [4.78, 5) is 0. The summed E-state index contributed by atoms with van der Waals surface area (Å²) < 4.78 is 5.30. The van der Waals surface area contributed by atoms with Gasteiger partial charge in [0.1, 0.15) is 5.82 Å². The first-order valence-corrected chi connectivity index (χ1v) is 6.42. The molecule has 0 radical (unpaired) electrons. The minimum atomic E-state index is 0.390. The lowest BCUT2D eigenvalue weighted by molar-refractivity contribution is 0.195. The second kappa shape index (κ2) is 7.22. The molecule has 1 N–H and O–H groups in total. The lowest BCUT2D eigenvalue weighted by Gasteiger charge is -2.12. The van der Waals surface area contributed by atoms with Crippen molar-refractivity contribution in [2.75, 3.05) is 18.5 Å². The molecule has 2 rings (SSSR count). The third-order valence-electron chi connectivity index (χ3n) is 2.62. The van der Waals surface area contributed by atoms with Gasteiger partial charge in [-0.2, -0.15) is 5.10 Å². The van der Waals surface area contributed by atoms with Gasteiger partial charge in [0, 0.05) is 6.61 Å². The van der Waals surface area contributed by atoms with E-state index in [2.05, 4.69) is 35.4 Å². The Kier molecular flexibility index (Phi) is 5.91. The summed E-state index contributed by atoms with van der Waals surface area (Å²) in [5.74, 6) is 1.34. The van der Waals surface area contributed by atoms with Gasteiger partial charge in [0.2, 0.25) is 0 Å². The van der Waals surface area contributed by atoms with Crippen LogP contribution >= 0.6 is 0 Å². The minimum Gasteiger partial charge on any atom is -0.379 e. The lowest BCUT2D eigenvalue weighted by atomic mass is 10.1. The molecule has 0 bridgehead atoms. The maximum Gasteiger partial charge on any atom is 0.149 e. The zero-order valence-electron chi connectivity index (χ0n) is 11.2. The molecule has 0 saturated carbocycles. The highest BCUT2D eigenvalue weighted by Gasteiger charge is 2.15. The molecule has 0 aromatic carbocycles. The van der Waals surface area contributed by atoms with Crippen LogP contribution in [0.3, 0.4) is 0 Å². The average molecular weight is 237 g/mol. The van der Waals surface area contributed by atoms with Crippen LogP contribution in [-0.2, 0) is 4.74 Å². The van der Waals surface area contributed by atoms with E-state index in [1.54, 1.807) is 0 Å². The highest BCUT2D eigenvalue weighted by atomic mass is 16.5. The highest BCUT2D eigenvalue weighted by Crippen LogP contribution is 2.17. The number of rotatable bonds is 3. The van der Waals surface area contributed by atoms with Crippen LogP contribution in [0.25, 0.3) is 0 Å². The Labute approximate surface area is 104 Å². The van der Waals surface area contributed by atoms with E-state index in [-0.39, 0.29) is 0 Å². The molecule has 1 aliphatic heterocycles. The van der Waals surface area contributed by atoms with Crippen molar-refractivity contribution in [3.63, 3.8) is 0 Å². The highest BCUT2D eigenvalue weighted by molar-refractivity contribution is 5.37. The van der Waals surface area contributed by atoms with Crippen molar-refractivity contribution in [1.29, 1.82) is 0 Å². The molecule has 0 amide bonds. The van der Waals surface area contributed by atoms with E-state index < -0.39 is 0 Å². The molecular formula is C13H23N3O. The SMILES string of the molecule is CC.CC(C)c1cnnc(NC2CCOC2)c1. The van der Waals surface area contributed by atoms with Crippen LogP contribution < -0.4 is 5.32 Å². The topological polar surface area (TPSA) is 47.0 Å². The summed E-state index contributed by atoms with van der Waals surface area (Å²) in [5.41, 5.74) is 1.21. The second-order valence-electron chi connectivity index (χ2n) is 4.23. The Bertz CT molecular complexity index is 322. The van der Waals surface area contributed by atoms with Crippen molar-refractivity contribution in [1.82, 2.24) is 10.2 Å². The van der Waals surface area contributed by atoms with E-state index in [1.165, 1.54) is 5.56 Å². The average Bonchev–Trinajstić information content (AvgIpc) is 2.85. The molecule has 1 fully saturated rings. The Morgan fingerprint density at radius 1 is 1.41 bits per heavy atom. The maximum absolute atomic E-state index is 5.30. The Hall–Kier alpha value is -1.16. The van der Waals surface area contributed by atoms with Gasteiger partial charge < -0.3 is 10.1 Å². The maximum atomic E-state index is 5.30. The van der Waals surface area contributed by atoms with Crippen LogP contribution in [0.4, 0.5) is 5.82 Å². The van der Waals surface area contributed by atoms with Crippen LogP contribution in [0.15, 0.2) is 12.3 Å². The van der Waals surface area contributed by atoms with Gasteiger partial charge in [-0.3, -0.25) is 0 Å². The number of anilines is 1. The molecule has 1 unspecified atom stereocenters. The van der Waals surface area contributed by atoms with Crippen LogP contribution in [0.1, 0.15) is 45.6 Å². The molecule has 1 aromatic heterocycles. The summed E-state index contributed by atoms with van der Waals surface area (Å²) in [6.07, 6.45) is 2.87. The number of ether oxygens (including phenoxy) is 1. The quantitative estimate of drug-likeness (QED) is 0.878. The van der Waals surface area contributed by atoms with Gasteiger partial charge in [-0.15, -0.1) is 5.10 Å². The third-order valence-corrected chi connectivity index (χ3v) is 2.62. The first-order chi connectivity index (χ1) is 8.25. The molecule has 0 aliphatic carbocycles. The van der Waals surface area contributed by atoms with Gasteiger partial charge in [-0.05, 0) is 24.0 Å². The van der Waals surface area contributed by atoms with Gasteiger partial charge in [-0.25, -0.2) is 0 Å². The van der Waals surface area contributed by atoms with E-state index in [4.69, 9.17) is 4.74 Å². The lowest BCUT2D eigenvalue weighted by Crippen LogP contribution is -2.20. The zero-order chi connectivity index (χ0) is 12.7. The van der Waals surface area contributed by atoms with Crippen LogP contribution in [-0.4, -0.2) is 29.5 Å². The van der Waals surface area contributed by atoms with Crippen molar-refractivity contribution in [2.45, 2.75) is 46.1 Å². The molecule has 4 heteroatoms. The Balaban J connectivity index is 0.000000686. The van der Waals surface area contributed by atoms with E-state index in [9.17, 15) is 0 Å². The van der Waals surface area contributed by atoms with E-state index in [1.807, 2.05) is 20.0 Å². The van der Waals surface area contributed by atoms with Crippen molar-refractivity contribution in [2.24, 2.45) is 0 Å². The molecule has 1 aromatic rings. The molecule has 0 spiro atoms. The summed E-state index contributed by atoms with van der Waals surface area (Å²) in [7, 11) is 0. The van der Waals surface area contributed by atoms with E-state index in [0.29, 0.717) is 12.0 Å².